The Bertz CT molecular complexity index is 1120. The Morgan fingerprint density at radius 2 is 1.82 bits per heavy atom. The molecule has 0 aliphatic rings. The zero-order valence-corrected chi connectivity index (χ0v) is 15.4. The van der Waals surface area contributed by atoms with Gasteiger partial charge in [0.1, 0.15) is 11.5 Å². The summed E-state index contributed by atoms with van der Waals surface area (Å²) < 4.78 is 12.3. The fourth-order valence-corrected chi connectivity index (χ4v) is 2.71. The van der Waals surface area contributed by atoms with Gasteiger partial charge in [0.05, 0.1) is 20.4 Å². The van der Waals surface area contributed by atoms with Crippen LogP contribution < -0.4 is 14.9 Å². The normalized spacial score (nSPS) is 11.1. The van der Waals surface area contributed by atoms with Crippen LogP contribution in [0.15, 0.2) is 65.8 Å². The van der Waals surface area contributed by atoms with Gasteiger partial charge in [0.2, 0.25) is 0 Å². The Balaban J connectivity index is 1.58. The fraction of sp³-hybridized carbons (Fsp3) is 0.100. The van der Waals surface area contributed by atoms with Crippen molar-refractivity contribution < 1.29 is 9.47 Å². The van der Waals surface area contributed by atoms with E-state index in [0.717, 1.165) is 16.9 Å². The third-order valence-electron chi connectivity index (χ3n) is 4.12. The van der Waals surface area contributed by atoms with Gasteiger partial charge in [-0.15, -0.1) is 15.3 Å². The lowest BCUT2D eigenvalue weighted by Gasteiger charge is -2.07. The van der Waals surface area contributed by atoms with Gasteiger partial charge in [0.15, 0.2) is 17.3 Å². The van der Waals surface area contributed by atoms with E-state index in [0.29, 0.717) is 23.0 Å². The number of methoxy groups -OCH3 is 2. The van der Waals surface area contributed by atoms with Crippen molar-refractivity contribution in [1.82, 2.24) is 19.8 Å². The van der Waals surface area contributed by atoms with Gasteiger partial charge in [0, 0.05) is 17.2 Å². The van der Waals surface area contributed by atoms with E-state index >= 15 is 0 Å². The zero-order chi connectivity index (χ0) is 19.3. The Labute approximate surface area is 161 Å². The fourth-order valence-electron chi connectivity index (χ4n) is 2.71. The van der Waals surface area contributed by atoms with E-state index in [9.17, 15) is 0 Å². The molecule has 0 aliphatic carbocycles. The molecule has 0 radical (unpaired) electrons. The molecule has 1 N–H and O–H groups in total. The summed E-state index contributed by atoms with van der Waals surface area (Å²) in [6, 6.07) is 18.9. The van der Waals surface area contributed by atoms with E-state index in [1.165, 1.54) is 0 Å². The van der Waals surface area contributed by atoms with Gasteiger partial charge in [0.25, 0.3) is 0 Å². The summed E-state index contributed by atoms with van der Waals surface area (Å²) in [5, 5.41) is 17.2. The van der Waals surface area contributed by atoms with Crippen molar-refractivity contribution in [3.8, 4) is 22.9 Å². The van der Waals surface area contributed by atoms with E-state index in [1.54, 1.807) is 37.1 Å². The van der Waals surface area contributed by atoms with Gasteiger partial charge < -0.3 is 9.47 Å². The van der Waals surface area contributed by atoms with Crippen LogP contribution in [0.1, 0.15) is 5.56 Å². The number of nitrogens with zero attached hydrogens (tertiary/aromatic N) is 5. The van der Waals surface area contributed by atoms with Gasteiger partial charge >= 0.3 is 0 Å². The molecular formula is C20H18N6O2. The number of ether oxygens (including phenoxy) is 2. The predicted octanol–water partition coefficient (Wildman–Crippen LogP) is 3.25. The van der Waals surface area contributed by atoms with E-state index < -0.39 is 0 Å². The van der Waals surface area contributed by atoms with Crippen molar-refractivity contribution in [1.29, 1.82) is 0 Å². The van der Waals surface area contributed by atoms with E-state index in [2.05, 4.69) is 25.8 Å². The van der Waals surface area contributed by atoms with Crippen LogP contribution >= 0.6 is 0 Å². The largest absolute Gasteiger partial charge is 0.497 e. The van der Waals surface area contributed by atoms with Gasteiger partial charge in [-0.25, -0.2) is 0 Å². The molecule has 28 heavy (non-hydrogen) atoms. The number of hydrogen-bond acceptors (Lipinski definition) is 7. The van der Waals surface area contributed by atoms with Crippen molar-refractivity contribution in [2.45, 2.75) is 0 Å². The van der Waals surface area contributed by atoms with Crippen LogP contribution in [0.3, 0.4) is 0 Å². The number of nitrogens with one attached hydrogen (secondary N) is 1. The first-order valence-electron chi connectivity index (χ1n) is 8.57. The number of benzene rings is 2. The maximum atomic E-state index is 5.37. The second-order valence-corrected chi connectivity index (χ2v) is 5.86. The average molecular weight is 374 g/mol. The topological polar surface area (TPSA) is 85.9 Å². The summed E-state index contributed by atoms with van der Waals surface area (Å²) >= 11 is 0. The highest BCUT2D eigenvalue weighted by atomic mass is 16.5. The maximum Gasteiger partial charge on any atom is 0.185 e. The summed E-state index contributed by atoms with van der Waals surface area (Å²) in [7, 11) is 3.22. The summed E-state index contributed by atoms with van der Waals surface area (Å²) in [4.78, 5) is 0. The van der Waals surface area contributed by atoms with Crippen LogP contribution in [0.2, 0.25) is 0 Å². The minimum absolute atomic E-state index is 0.563. The zero-order valence-electron chi connectivity index (χ0n) is 15.4. The first-order valence-corrected chi connectivity index (χ1v) is 8.57. The second-order valence-electron chi connectivity index (χ2n) is 5.86. The van der Waals surface area contributed by atoms with Gasteiger partial charge in [-0.2, -0.15) is 9.62 Å². The molecule has 140 valence electrons. The highest BCUT2D eigenvalue weighted by Crippen LogP contribution is 2.23. The first-order chi connectivity index (χ1) is 13.8. The SMILES string of the molecule is COc1ccc(/C=N/Nc2ccc3nnc(-c4ccccc4)n3n2)c(OC)c1. The maximum absolute atomic E-state index is 5.37. The lowest BCUT2D eigenvalue weighted by Crippen LogP contribution is -2.01. The number of anilines is 1. The molecule has 4 rings (SSSR count). The predicted molar refractivity (Wildman–Crippen MR) is 107 cm³/mol. The van der Waals surface area contributed by atoms with Crippen LogP contribution in [0.5, 0.6) is 11.5 Å². The molecule has 0 spiro atoms. The Hall–Kier alpha value is -3.94. The van der Waals surface area contributed by atoms with Crippen molar-refractivity contribution in [2.75, 3.05) is 19.6 Å². The van der Waals surface area contributed by atoms with Crippen LogP contribution in [-0.2, 0) is 0 Å². The van der Waals surface area contributed by atoms with Crippen LogP contribution in [-0.4, -0.2) is 40.2 Å². The molecule has 0 unspecified atom stereocenters. The first kappa shape index (κ1) is 17.5. The molecule has 0 bridgehead atoms. The number of rotatable bonds is 6. The van der Waals surface area contributed by atoms with Crippen molar-refractivity contribution in [3.05, 3.63) is 66.2 Å². The lowest BCUT2D eigenvalue weighted by molar-refractivity contribution is 0.394. The van der Waals surface area contributed by atoms with Crippen molar-refractivity contribution in [3.63, 3.8) is 0 Å². The van der Waals surface area contributed by atoms with E-state index in [-0.39, 0.29) is 0 Å². The molecule has 0 amide bonds. The van der Waals surface area contributed by atoms with E-state index in [1.807, 2.05) is 48.5 Å². The van der Waals surface area contributed by atoms with Crippen LogP contribution in [0.25, 0.3) is 17.0 Å². The summed E-state index contributed by atoms with van der Waals surface area (Å²) in [6.07, 6.45) is 1.66. The second kappa shape index (κ2) is 7.75. The number of hydrogen-bond donors (Lipinski definition) is 1. The van der Waals surface area contributed by atoms with Gasteiger partial charge in [-0.1, -0.05) is 30.3 Å². The minimum Gasteiger partial charge on any atom is -0.497 e. The van der Waals surface area contributed by atoms with Gasteiger partial charge in [-0.05, 0) is 24.3 Å². The van der Waals surface area contributed by atoms with Crippen molar-refractivity contribution >= 4 is 17.7 Å². The Morgan fingerprint density at radius 1 is 0.964 bits per heavy atom. The highest BCUT2D eigenvalue weighted by Gasteiger charge is 2.09. The molecule has 8 heteroatoms. The quantitative estimate of drug-likeness (QED) is 0.412. The third kappa shape index (κ3) is 3.48. The molecule has 0 atom stereocenters. The lowest BCUT2D eigenvalue weighted by atomic mass is 10.2. The average Bonchev–Trinajstić information content (AvgIpc) is 3.18. The smallest absolute Gasteiger partial charge is 0.185 e. The summed E-state index contributed by atoms with van der Waals surface area (Å²) in [6.45, 7) is 0. The Morgan fingerprint density at radius 3 is 2.61 bits per heavy atom. The molecule has 2 aromatic heterocycles. The van der Waals surface area contributed by atoms with Crippen molar-refractivity contribution in [2.24, 2.45) is 5.10 Å². The molecule has 0 aliphatic heterocycles. The minimum atomic E-state index is 0.563. The molecule has 2 aromatic carbocycles. The highest BCUT2D eigenvalue weighted by molar-refractivity contribution is 5.84. The standard InChI is InChI=1S/C20H18N6O2/c1-27-16-9-8-15(17(12-16)28-2)13-21-22-18-10-11-19-23-24-20(26(19)25-18)14-6-4-3-5-7-14/h3-13H,1-2H3,(H,22,25)/b21-13+. The van der Waals surface area contributed by atoms with Crippen LogP contribution in [0.4, 0.5) is 5.82 Å². The molecular weight excluding hydrogens is 356 g/mol. The van der Waals surface area contributed by atoms with E-state index in [4.69, 9.17) is 9.47 Å². The van der Waals surface area contributed by atoms with Gasteiger partial charge in [-0.3, -0.25) is 5.43 Å². The molecule has 4 aromatic rings. The Kier molecular flexibility index (Phi) is 4.83. The monoisotopic (exact) mass is 374 g/mol. The summed E-state index contributed by atoms with van der Waals surface area (Å²) in [5.41, 5.74) is 5.33. The third-order valence-corrected chi connectivity index (χ3v) is 4.12. The summed E-state index contributed by atoms with van der Waals surface area (Å²) in [5.74, 6) is 2.61. The molecule has 2 heterocycles. The number of aromatic nitrogens is 4. The molecule has 8 nitrogen and oxygen atoms in total. The number of fused-ring (bicyclic) bond motifs is 1. The molecule has 0 saturated heterocycles. The molecule has 0 fully saturated rings. The number of hydrazone groups is 1. The van der Waals surface area contributed by atoms with Crippen LogP contribution in [0, 0.1) is 0 Å². The molecule has 0 saturated carbocycles.